The molecule has 0 aromatic heterocycles. The zero-order chi connectivity index (χ0) is 12.1. The minimum atomic E-state index is -0.386. The highest BCUT2D eigenvalue weighted by Crippen LogP contribution is 2.31. The Morgan fingerprint density at radius 3 is 2.71 bits per heavy atom. The largest absolute Gasteiger partial charge is 0.299 e. The SMILES string of the molecule is O=C1CCCCC1CC(OO)c1ccccc1. The molecule has 2 rings (SSSR count). The van der Waals surface area contributed by atoms with E-state index in [1.807, 2.05) is 30.3 Å². The molecule has 92 valence electrons. The van der Waals surface area contributed by atoms with Gasteiger partial charge in [-0.1, -0.05) is 36.8 Å². The molecule has 3 heteroatoms. The Bertz CT molecular complexity index is 361. The van der Waals surface area contributed by atoms with Crippen LogP contribution in [0.1, 0.15) is 43.8 Å². The van der Waals surface area contributed by atoms with Gasteiger partial charge in [0.1, 0.15) is 11.9 Å². The third-order valence-corrected chi connectivity index (χ3v) is 3.48. The highest BCUT2D eigenvalue weighted by Gasteiger charge is 2.26. The molecule has 0 spiro atoms. The lowest BCUT2D eigenvalue weighted by atomic mass is 9.83. The highest BCUT2D eigenvalue weighted by atomic mass is 17.1. The van der Waals surface area contributed by atoms with E-state index < -0.39 is 0 Å². The summed E-state index contributed by atoms with van der Waals surface area (Å²) in [5, 5.41) is 8.99. The van der Waals surface area contributed by atoms with E-state index in [1.54, 1.807) is 0 Å². The van der Waals surface area contributed by atoms with E-state index in [0.717, 1.165) is 24.8 Å². The van der Waals surface area contributed by atoms with E-state index in [2.05, 4.69) is 4.89 Å². The quantitative estimate of drug-likeness (QED) is 0.641. The molecule has 0 amide bonds. The average Bonchev–Trinajstić information content (AvgIpc) is 2.39. The van der Waals surface area contributed by atoms with Gasteiger partial charge in [0.25, 0.3) is 0 Å². The van der Waals surface area contributed by atoms with Crippen LogP contribution >= 0.6 is 0 Å². The van der Waals surface area contributed by atoms with Crippen LogP contribution in [0.2, 0.25) is 0 Å². The summed E-state index contributed by atoms with van der Waals surface area (Å²) in [5.41, 5.74) is 0.924. The third kappa shape index (κ3) is 3.14. The van der Waals surface area contributed by atoms with E-state index in [4.69, 9.17) is 5.26 Å². The number of benzene rings is 1. The lowest BCUT2D eigenvalue weighted by molar-refractivity contribution is -0.285. The van der Waals surface area contributed by atoms with Crippen LogP contribution < -0.4 is 0 Å². The second-order valence-corrected chi connectivity index (χ2v) is 4.65. The zero-order valence-corrected chi connectivity index (χ0v) is 9.84. The van der Waals surface area contributed by atoms with Crippen molar-refractivity contribution in [1.29, 1.82) is 0 Å². The lowest BCUT2D eigenvalue weighted by Crippen LogP contribution is -2.22. The van der Waals surface area contributed by atoms with Gasteiger partial charge in [-0.25, -0.2) is 4.89 Å². The topological polar surface area (TPSA) is 46.5 Å². The van der Waals surface area contributed by atoms with Crippen molar-refractivity contribution >= 4 is 5.78 Å². The van der Waals surface area contributed by atoms with Crippen molar-refractivity contribution in [2.75, 3.05) is 0 Å². The fourth-order valence-electron chi connectivity index (χ4n) is 2.47. The molecule has 0 aliphatic heterocycles. The van der Waals surface area contributed by atoms with Crippen LogP contribution in [-0.4, -0.2) is 11.0 Å². The molecule has 0 radical (unpaired) electrons. The van der Waals surface area contributed by atoms with Crippen LogP contribution in [0.3, 0.4) is 0 Å². The van der Waals surface area contributed by atoms with Crippen LogP contribution in [0.25, 0.3) is 0 Å². The molecule has 1 aliphatic carbocycles. The fraction of sp³-hybridized carbons (Fsp3) is 0.500. The Morgan fingerprint density at radius 2 is 2.06 bits per heavy atom. The molecule has 1 N–H and O–H groups in total. The zero-order valence-electron chi connectivity index (χ0n) is 9.84. The summed E-state index contributed by atoms with van der Waals surface area (Å²) in [5.74, 6) is 0.357. The predicted molar refractivity (Wildman–Crippen MR) is 64.5 cm³/mol. The first kappa shape index (κ1) is 12.3. The molecular weight excluding hydrogens is 216 g/mol. The second kappa shape index (κ2) is 5.94. The number of rotatable bonds is 4. The van der Waals surface area contributed by atoms with Crippen molar-refractivity contribution in [3.8, 4) is 0 Å². The number of carbonyl (C=O) groups is 1. The summed E-state index contributed by atoms with van der Waals surface area (Å²) in [7, 11) is 0. The summed E-state index contributed by atoms with van der Waals surface area (Å²) in [6, 6.07) is 9.56. The molecule has 3 nitrogen and oxygen atoms in total. The number of hydrogen-bond acceptors (Lipinski definition) is 3. The molecule has 1 aromatic carbocycles. The van der Waals surface area contributed by atoms with Gasteiger partial charge in [0, 0.05) is 12.3 Å². The van der Waals surface area contributed by atoms with Crippen molar-refractivity contribution in [3.05, 3.63) is 35.9 Å². The normalized spacial score (nSPS) is 22.4. The molecule has 1 aromatic rings. The number of carbonyl (C=O) groups excluding carboxylic acids is 1. The molecule has 2 atom stereocenters. The van der Waals surface area contributed by atoms with Crippen LogP contribution in [0, 0.1) is 5.92 Å². The first-order chi connectivity index (χ1) is 8.31. The number of hydrogen-bond donors (Lipinski definition) is 1. The van der Waals surface area contributed by atoms with Gasteiger partial charge in [-0.2, -0.15) is 0 Å². The Kier molecular flexibility index (Phi) is 4.29. The van der Waals surface area contributed by atoms with Crippen LogP contribution in [0.15, 0.2) is 30.3 Å². The Hall–Kier alpha value is -1.19. The van der Waals surface area contributed by atoms with E-state index in [0.29, 0.717) is 18.6 Å². The monoisotopic (exact) mass is 234 g/mol. The number of Topliss-reactive ketones (excluding diaryl/α,β-unsaturated/α-hetero) is 1. The maximum Gasteiger partial charge on any atom is 0.136 e. The van der Waals surface area contributed by atoms with Crippen molar-refractivity contribution in [1.82, 2.24) is 0 Å². The van der Waals surface area contributed by atoms with Gasteiger partial charge < -0.3 is 0 Å². The van der Waals surface area contributed by atoms with E-state index >= 15 is 0 Å². The Morgan fingerprint density at radius 1 is 1.29 bits per heavy atom. The van der Waals surface area contributed by atoms with Gasteiger partial charge in [0.05, 0.1) is 0 Å². The first-order valence-corrected chi connectivity index (χ1v) is 6.19. The predicted octanol–water partition coefficient (Wildman–Crippen LogP) is 3.37. The van der Waals surface area contributed by atoms with Crippen LogP contribution in [-0.2, 0) is 9.68 Å². The van der Waals surface area contributed by atoms with Gasteiger partial charge in [-0.15, -0.1) is 0 Å². The molecular formula is C14H18O3. The molecule has 2 unspecified atom stereocenters. The van der Waals surface area contributed by atoms with Gasteiger partial charge in [-0.3, -0.25) is 10.1 Å². The standard InChI is InChI=1S/C14H18O3/c15-13-9-5-4-8-12(13)10-14(17-16)11-6-2-1-3-7-11/h1-3,6-7,12,14,16H,4-5,8-10H2. The van der Waals surface area contributed by atoms with Gasteiger partial charge >= 0.3 is 0 Å². The average molecular weight is 234 g/mol. The summed E-state index contributed by atoms with van der Waals surface area (Å²) in [6.45, 7) is 0. The first-order valence-electron chi connectivity index (χ1n) is 6.19. The second-order valence-electron chi connectivity index (χ2n) is 4.65. The number of ketones is 1. The maximum atomic E-state index is 11.7. The van der Waals surface area contributed by atoms with Gasteiger partial charge in [0.2, 0.25) is 0 Å². The Labute approximate surface area is 101 Å². The van der Waals surface area contributed by atoms with Crippen LogP contribution in [0.4, 0.5) is 0 Å². The molecule has 1 aliphatic rings. The lowest BCUT2D eigenvalue weighted by Gasteiger charge is -2.24. The summed E-state index contributed by atoms with van der Waals surface area (Å²) < 4.78 is 0. The van der Waals surface area contributed by atoms with Gasteiger partial charge in [-0.05, 0) is 24.8 Å². The van der Waals surface area contributed by atoms with Crippen molar-refractivity contribution in [2.45, 2.75) is 38.2 Å². The van der Waals surface area contributed by atoms with Gasteiger partial charge in [0.15, 0.2) is 0 Å². The smallest absolute Gasteiger partial charge is 0.136 e. The van der Waals surface area contributed by atoms with E-state index in [-0.39, 0.29) is 12.0 Å². The summed E-state index contributed by atoms with van der Waals surface area (Å²) in [6.07, 6.45) is 3.90. The summed E-state index contributed by atoms with van der Waals surface area (Å²) >= 11 is 0. The van der Waals surface area contributed by atoms with Crippen molar-refractivity contribution in [2.24, 2.45) is 5.92 Å². The highest BCUT2D eigenvalue weighted by molar-refractivity contribution is 5.81. The molecule has 1 fully saturated rings. The van der Waals surface area contributed by atoms with Crippen LogP contribution in [0.5, 0.6) is 0 Å². The van der Waals surface area contributed by atoms with Crippen molar-refractivity contribution < 1.29 is 14.9 Å². The maximum absolute atomic E-state index is 11.7. The molecule has 0 heterocycles. The minimum Gasteiger partial charge on any atom is -0.299 e. The molecule has 0 saturated heterocycles. The molecule has 1 saturated carbocycles. The van der Waals surface area contributed by atoms with E-state index in [9.17, 15) is 4.79 Å². The Balaban J connectivity index is 2.02. The molecule has 0 bridgehead atoms. The van der Waals surface area contributed by atoms with Crippen molar-refractivity contribution in [3.63, 3.8) is 0 Å². The minimum absolute atomic E-state index is 0.0427. The fourth-order valence-corrected chi connectivity index (χ4v) is 2.47. The van der Waals surface area contributed by atoms with E-state index in [1.165, 1.54) is 0 Å². The summed E-state index contributed by atoms with van der Waals surface area (Å²) in [4.78, 5) is 16.3. The third-order valence-electron chi connectivity index (χ3n) is 3.48. The molecule has 17 heavy (non-hydrogen) atoms.